The van der Waals surface area contributed by atoms with Crippen molar-refractivity contribution in [1.82, 2.24) is 4.98 Å². The van der Waals surface area contributed by atoms with Crippen molar-refractivity contribution in [3.8, 4) is 0 Å². The zero-order valence-corrected chi connectivity index (χ0v) is 6.80. The molecule has 1 aromatic heterocycles. The first-order chi connectivity index (χ1) is 6.43. The third-order valence-electron chi connectivity index (χ3n) is 1.52. The maximum atomic E-state index is 12.8. The van der Waals surface area contributed by atoms with Crippen LogP contribution in [-0.4, -0.2) is 10.9 Å². The summed E-state index contributed by atoms with van der Waals surface area (Å²) in [6.45, 7) is 0. The average Bonchev–Trinajstić information content (AvgIpc) is 2.08. The minimum absolute atomic E-state index is 0.493. The van der Waals surface area contributed by atoms with Crippen molar-refractivity contribution in [1.29, 1.82) is 0 Å². The standard InChI is InChI=1S/C7H6F3N3O/c8-5(9)3-1-2(7(12)14)4(11)6(10)13-3/h1,5H,11H2,(H2,12,14). The van der Waals surface area contributed by atoms with E-state index in [4.69, 9.17) is 11.5 Å². The summed E-state index contributed by atoms with van der Waals surface area (Å²) >= 11 is 0. The van der Waals surface area contributed by atoms with Crippen molar-refractivity contribution in [2.75, 3.05) is 5.73 Å². The fourth-order valence-electron chi connectivity index (χ4n) is 0.858. The van der Waals surface area contributed by atoms with E-state index in [1.807, 2.05) is 0 Å². The Morgan fingerprint density at radius 3 is 2.50 bits per heavy atom. The van der Waals surface area contributed by atoms with Crippen molar-refractivity contribution in [3.05, 3.63) is 23.3 Å². The molecule has 1 heterocycles. The molecule has 0 saturated heterocycles. The lowest BCUT2D eigenvalue weighted by Gasteiger charge is -2.05. The van der Waals surface area contributed by atoms with E-state index in [1.165, 1.54) is 0 Å². The van der Waals surface area contributed by atoms with Gasteiger partial charge in [-0.3, -0.25) is 4.79 Å². The topological polar surface area (TPSA) is 82.0 Å². The molecule has 0 radical (unpaired) electrons. The number of carbonyl (C=O) groups is 1. The van der Waals surface area contributed by atoms with Gasteiger partial charge in [-0.1, -0.05) is 0 Å². The van der Waals surface area contributed by atoms with Gasteiger partial charge in [0.15, 0.2) is 0 Å². The van der Waals surface area contributed by atoms with Gasteiger partial charge in [-0.2, -0.15) is 4.39 Å². The highest BCUT2D eigenvalue weighted by molar-refractivity contribution is 5.97. The van der Waals surface area contributed by atoms with E-state index in [-0.39, 0.29) is 0 Å². The van der Waals surface area contributed by atoms with E-state index < -0.39 is 35.2 Å². The summed E-state index contributed by atoms with van der Waals surface area (Å²) in [5.74, 6) is -2.40. The number of anilines is 1. The Morgan fingerprint density at radius 1 is 1.50 bits per heavy atom. The molecular weight excluding hydrogens is 199 g/mol. The van der Waals surface area contributed by atoms with Gasteiger partial charge in [0.25, 0.3) is 12.3 Å². The highest BCUT2D eigenvalue weighted by Gasteiger charge is 2.18. The zero-order chi connectivity index (χ0) is 10.9. The van der Waals surface area contributed by atoms with Gasteiger partial charge >= 0.3 is 0 Å². The fourth-order valence-corrected chi connectivity index (χ4v) is 0.858. The molecule has 0 aliphatic heterocycles. The minimum atomic E-state index is -2.98. The second-order valence-corrected chi connectivity index (χ2v) is 2.46. The average molecular weight is 205 g/mol. The number of nitrogens with two attached hydrogens (primary N) is 2. The first kappa shape index (κ1) is 10.3. The fraction of sp³-hybridized carbons (Fsp3) is 0.143. The SMILES string of the molecule is NC(=O)c1cc(C(F)F)nc(F)c1N. The molecule has 0 aliphatic rings. The first-order valence-corrected chi connectivity index (χ1v) is 3.47. The molecule has 0 saturated carbocycles. The number of halogens is 3. The predicted octanol–water partition coefficient (Wildman–Crippen LogP) is 0.839. The van der Waals surface area contributed by atoms with Crippen molar-refractivity contribution in [3.63, 3.8) is 0 Å². The van der Waals surface area contributed by atoms with Crippen LogP contribution in [0.15, 0.2) is 6.07 Å². The molecule has 0 spiro atoms. The molecule has 4 N–H and O–H groups in total. The Morgan fingerprint density at radius 2 is 2.07 bits per heavy atom. The number of rotatable bonds is 2. The van der Waals surface area contributed by atoms with Gasteiger partial charge in [0, 0.05) is 0 Å². The van der Waals surface area contributed by atoms with Crippen molar-refractivity contribution in [2.24, 2.45) is 5.73 Å². The van der Waals surface area contributed by atoms with Gasteiger partial charge in [0.05, 0.1) is 5.56 Å². The van der Waals surface area contributed by atoms with Gasteiger partial charge < -0.3 is 11.5 Å². The third kappa shape index (κ3) is 1.76. The van der Waals surface area contributed by atoms with E-state index in [1.54, 1.807) is 0 Å². The summed E-state index contributed by atoms with van der Waals surface area (Å²) in [5, 5.41) is 0. The number of amides is 1. The largest absolute Gasteiger partial charge is 0.394 e. The summed E-state index contributed by atoms with van der Waals surface area (Å²) in [6, 6.07) is 0.672. The lowest BCUT2D eigenvalue weighted by Crippen LogP contribution is -2.16. The second kappa shape index (κ2) is 3.52. The molecule has 14 heavy (non-hydrogen) atoms. The maximum Gasteiger partial charge on any atom is 0.280 e. The van der Waals surface area contributed by atoms with E-state index in [9.17, 15) is 18.0 Å². The molecule has 0 aliphatic carbocycles. The van der Waals surface area contributed by atoms with Gasteiger partial charge in [0.1, 0.15) is 11.4 Å². The van der Waals surface area contributed by atoms with E-state index in [0.29, 0.717) is 6.07 Å². The molecule has 76 valence electrons. The highest BCUT2D eigenvalue weighted by Crippen LogP contribution is 2.22. The number of aromatic nitrogens is 1. The summed E-state index contributed by atoms with van der Waals surface area (Å²) in [7, 11) is 0. The number of hydrogen-bond acceptors (Lipinski definition) is 3. The van der Waals surface area contributed by atoms with Gasteiger partial charge in [-0.15, -0.1) is 0 Å². The van der Waals surface area contributed by atoms with Crippen LogP contribution in [0.2, 0.25) is 0 Å². The van der Waals surface area contributed by atoms with Crippen LogP contribution in [-0.2, 0) is 0 Å². The van der Waals surface area contributed by atoms with Crippen LogP contribution in [0.25, 0.3) is 0 Å². The summed E-state index contributed by atoms with van der Waals surface area (Å²) in [5.41, 5.74) is 7.88. The van der Waals surface area contributed by atoms with Gasteiger partial charge in [0.2, 0.25) is 5.95 Å². The maximum absolute atomic E-state index is 12.8. The lowest BCUT2D eigenvalue weighted by molar-refractivity contribution is 0.0999. The van der Waals surface area contributed by atoms with Crippen LogP contribution in [0, 0.1) is 5.95 Å². The van der Waals surface area contributed by atoms with Crippen LogP contribution in [0.1, 0.15) is 22.5 Å². The predicted molar refractivity (Wildman–Crippen MR) is 42.1 cm³/mol. The zero-order valence-electron chi connectivity index (χ0n) is 6.80. The third-order valence-corrected chi connectivity index (χ3v) is 1.52. The second-order valence-electron chi connectivity index (χ2n) is 2.46. The monoisotopic (exact) mass is 205 g/mol. The van der Waals surface area contributed by atoms with Crippen LogP contribution >= 0.6 is 0 Å². The molecule has 0 atom stereocenters. The molecule has 0 fully saturated rings. The van der Waals surface area contributed by atoms with E-state index in [0.717, 1.165) is 0 Å². The van der Waals surface area contributed by atoms with Crippen molar-refractivity contribution >= 4 is 11.6 Å². The number of alkyl halides is 2. The molecule has 4 nitrogen and oxygen atoms in total. The summed E-state index contributed by atoms with van der Waals surface area (Å²) in [4.78, 5) is 13.5. The first-order valence-electron chi connectivity index (χ1n) is 3.47. The Bertz CT molecular complexity index is 381. The number of primary amides is 1. The van der Waals surface area contributed by atoms with Crippen molar-refractivity contribution in [2.45, 2.75) is 6.43 Å². The number of nitrogens with zero attached hydrogens (tertiary/aromatic N) is 1. The molecule has 0 unspecified atom stereocenters. The number of carbonyl (C=O) groups excluding carboxylic acids is 1. The number of hydrogen-bond donors (Lipinski definition) is 2. The molecule has 1 aromatic rings. The van der Waals surface area contributed by atoms with Crippen LogP contribution in [0.3, 0.4) is 0 Å². The number of nitrogen functional groups attached to an aromatic ring is 1. The molecule has 1 amide bonds. The molecular formula is C7H6F3N3O. The minimum Gasteiger partial charge on any atom is -0.394 e. The highest BCUT2D eigenvalue weighted by atomic mass is 19.3. The van der Waals surface area contributed by atoms with E-state index in [2.05, 4.69) is 4.98 Å². The summed E-state index contributed by atoms with van der Waals surface area (Å²) in [6.07, 6.45) is -2.98. The quantitative estimate of drug-likeness (QED) is 0.702. The Hall–Kier alpha value is -1.79. The van der Waals surface area contributed by atoms with Crippen LogP contribution in [0.4, 0.5) is 18.9 Å². The molecule has 7 heteroatoms. The van der Waals surface area contributed by atoms with Gasteiger partial charge in [-0.25, -0.2) is 13.8 Å². The normalized spacial score (nSPS) is 10.6. The molecule has 0 aromatic carbocycles. The van der Waals surface area contributed by atoms with Gasteiger partial charge in [-0.05, 0) is 6.07 Å². The molecule has 1 rings (SSSR count). The Kier molecular flexibility index (Phi) is 2.59. The van der Waals surface area contributed by atoms with E-state index >= 15 is 0 Å². The number of pyridine rings is 1. The smallest absolute Gasteiger partial charge is 0.280 e. The van der Waals surface area contributed by atoms with Crippen LogP contribution < -0.4 is 11.5 Å². The Labute approximate surface area is 76.7 Å². The molecule has 0 bridgehead atoms. The van der Waals surface area contributed by atoms with Crippen LogP contribution in [0.5, 0.6) is 0 Å². The Balaban J connectivity index is 3.35. The lowest BCUT2D eigenvalue weighted by atomic mass is 10.2. The van der Waals surface area contributed by atoms with Crippen molar-refractivity contribution < 1.29 is 18.0 Å². The summed E-state index contributed by atoms with van der Waals surface area (Å²) < 4.78 is 37.0.